The Kier molecular flexibility index (Phi) is 5.73. The Morgan fingerprint density at radius 1 is 1.35 bits per heavy atom. The third-order valence-electron chi connectivity index (χ3n) is 4.50. The van der Waals surface area contributed by atoms with Crippen molar-refractivity contribution in [1.29, 1.82) is 0 Å². The van der Waals surface area contributed by atoms with Crippen LogP contribution in [-0.4, -0.2) is 44.8 Å². The number of nitrogens with one attached hydrogen (secondary N) is 2. The topological polar surface area (TPSA) is 93.2 Å². The van der Waals surface area contributed by atoms with Gasteiger partial charge in [-0.25, -0.2) is 18.4 Å². The minimum atomic E-state index is -3.38. The number of benzene rings is 1. The number of ether oxygens (including phenoxy) is 1. The van der Waals surface area contributed by atoms with Crippen LogP contribution in [0.15, 0.2) is 35.4 Å². The van der Waals surface area contributed by atoms with E-state index >= 15 is 0 Å². The summed E-state index contributed by atoms with van der Waals surface area (Å²) in [6.07, 6.45) is 4.53. The van der Waals surface area contributed by atoms with Gasteiger partial charge in [0.15, 0.2) is 9.84 Å². The summed E-state index contributed by atoms with van der Waals surface area (Å²) in [6.45, 7) is 2.17. The summed E-state index contributed by atoms with van der Waals surface area (Å²) in [7, 11) is -1.75. The molecular formula is C18H24N4O3S. The maximum atomic E-state index is 12.1. The van der Waals surface area contributed by atoms with E-state index in [9.17, 15) is 8.42 Å². The standard InChI is InChI=1S/C18H24N4O3S/c1-25-15-8-4-3-6-13(15)11-20-18-21-12-16(26(2,23)24)17(22-18)14-7-5-9-19-10-14/h3-4,6,8,12,14,19H,5,7,9-11H2,1-2H3,(H,20,21,22). The summed E-state index contributed by atoms with van der Waals surface area (Å²) in [5.41, 5.74) is 1.57. The predicted octanol–water partition coefficient (Wildman–Crippen LogP) is 1.97. The smallest absolute Gasteiger partial charge is 0.223 e. The Bertz CT molecular complexity index is 864. The van der Waals surface area contributed by atoms with E-state index in [0.717, 1.165) is 37.2 Å². The minimum absolute atomic E-state index is 0.0725. The van der Waals surface area contributed by atoms with E-state index in [2.05, 4.69) is 20.6 Å². The van der Waals surface area contributed by atoms with Crippen molar-refractivity contribution in [3.05, 3.63) is 41.7 Å². The number of nitrogens with zero attached hydrogens (tertiary/aromatic N) is 2. The average Bonchev–Trinajstić information content (AvgIpc) is 2.66. The van der Waals surface area contributed by atoms with Crippen LogP contribution in [-0.2, 0) is 16.4 Å². The summed E-state index contributed by atoms with van der Waals surface area (Å²) in [6, 6.07) is 7.70. The van der Waals surface area contributed by atoms with Crippen LogP contribution in [0.5, 0.6) is 5.75 Å². The van der Waals surface area contributed by atoms with E-state index in [1.165, 1.54) is 12.5 Å². The van der Waals surface area contributed by atoms with Crippen LogP contribution < -0.4 is 15.4 Å². The summed E-state index contributed by atoms with van der Waals surface area (Å²) in [4.78, 5) is 8.98. The van der Waals surface area contributed by atoms with Crippen molar-refractivity contribution in [1.82, 2.24) is 15.3 Å². The molecule has 140 valence electrons. The molecule has 1 fully saturated rings. The van der Waals surface area contributed by atoms with Crippen molar-refractivity contribution in [2.75, 3.05) is 31.8 Å². The minimum Gasteiger partial charge on any atom is -0.496 e. The van der Waals surface area contributed by atoms with E-state index in [4.69, 9.17) is 4.74 Å². The quantitative estimate of drug-likeness (QED) is 0.796. The maximum Gasteiger partial charge on any atom is 0.223 e. The summed E-state index contributed by atoms with van der Waals surface area (Å²) in [5, 5.41) is 6.49. The zero-order valence-corrected chi connectivity index (χ0v) is 15.8. The lowest BCUT2D eigenvalue weighted by Gasteiger charge is -2.24. The number of para-hydroxylation sites is 1. The first-order valence-electron chi connectivity index (χ1n) is 8.62. The molecule has 1 atom stereocenters. The highest BCUT2D eigenvalue weighted by Crippen LogP contribution is 2.28. The molecule has 1 unspecified atom stereocenters. The van der Waals surface area contributed by atoms with E-state index in [1.807, 2.05) is 24.3 Å². The number of sulfone groups is 1. The first kappa shape index (κ1) is 18.6. The molecule has 1 aliphatic heterocycles. The largest absolute Gasteiger partial charge is 0.496 e. The van der Waals surface area contributed by atoms with E-state index < -0.39 is 9.84 Å². The molecule has 3 rings (SSSR count). The number of piperidine rings is 1. The number of methoxy groups -OCH3 is 1. The van der Waals surface area contributed by atoms with Gasteiger partial charge in [0.1, 0.15) is 10.6 Å². The van der Waals surface area contributed by atoms with Gasteiger partial charge >= 0.3 is 0 Å². The normalized spacial score (nSPS) is 17.7. The van der Waals surface area contributed by atoms with Crippen LogP contribution >= 0.6 is 0 Å². The second kappa shape index (κ2) is 8.01. The van der Waals surface area contributed by atoms with Gasteiger partial charge in [0, 0.05) is 30.8 Å². The molecule has 0 radical (unpaired) electrons. The number of hydrogen-bond donors (Lipinski definition) is 2. The first-order valence-corrected chi connectivity index (χ1v) is 10.5. The molecule has 1 aromatic heterocycles. The molecule has 7 nitrogen and oxygen atoms in total. The highest BCUT2D eigenvalue weighted by molar-refractivity contribution is 7.90. The maximum absolute atomic E-state index is 12.1. The zero-order chi connectivity index (χ0) is 18.6. The molecule has 0 saturated carbocycles. The van der Waals surface area contributed by atoms with Gasteiger partial charge < -0.3 is 15.4 Å². The van der Waals surface area contributed by atoms with Gasteiger partial charge in [0.25, 0.3) is 0 Å². The Morgan fingerprint density at radius 3 is 2.85 bits per heavy atom. The molecule has 0 spiro atoms. The third-order valence-corrected chi connectivity index (χ3v) is 5.61. The monoisotopic (exact) mass is 376 g/mol. The van der Waals surface area contributed by atoms with Crippen molar-refractivity contribution >= 4 is 15.8 Å². The highest BCUT2D eigenvalue weighted by atomic mass is 32.2. The molecule has 0 aliphatic carbocycles. The van der Waals surface area contributed by atoms with Crippen LogP contribution in [0.25, 0.3) is 0 Å². The van der Waals surface area contributed by atoms with Crippen molar-refractivity contribution < 1.29 is 13.2 Å². The molecular weight excluding hydrogens is 352 g/mol. The fourth-order valence-corrected chi connectivity index (χ4v) is 3.99. The van der Waals surface area contributed by atoms with Gasteiger partial charge in [0.2, 0.25) is 5.95 Å². The zero-order valence-electron chi connectivity index (χ0n) is 15.0. The second-order valence-electron chi connectivity index (χ2n) is 6.42. The van der Waals surface area contributed by atoms with Gasteiger partial charge in [-0.05, 0) is 25.5 Å². The second-order valence-corrected chi connectivity index (χ2v) is 8.41. The third kappa shape index (κ3) is 4.31. The number of rotatable bonds is 6. The van der Waals surface area contributed by atoms with Crippen molar-refractivity contribution in [2.24, 2.45) is 0 Å². The number of anilines is 1. The first-order chi connectivity index (χ1) is 12.5. The number of aromatic nitrogens is 2. The Hall–Kier alpha value is -2.19. The summed E-state index contributed by atoms with van der Waals surface area (Å²) >= 11 is 0. The highest BCUT2D eigenvalue weighted by Gasteiger charge is 2.25. The molecule has 1 aliphatic rings. The number of hydrogen-bond acceptors (Lipinski definition) is 7. The van der Waals surface area contributed by atoms with Crippen LogP contribution in [0.4, 0.5) is 5.95 Å². The predicted molar refractivity (Wildman–Crippen MR) is 100 cm³/mol. The van der Waals surface area contributed by atoms with Crippen LogP contribution in [0.3, 0.4) is 0 Å². The lowest BCUT2D eigenvalue weighted by molar-refractivity contribution is 0.410. The molecule has 0 amide bonds. The molecule has 0 bridgehead atoms. The summed E-state index contributed by atoms with van der Waals surface area (Å²) in [5.74, 6) is 1.27. The van der Waals surface area contributed by atoms with Gasteiger partial charge in [-0.3, -0.25) is 0 Å². The molecule has 2 aromatic rings. The van der Waals surface area contributed by atoms with Crippen molar-refractivity contribution in [3.8, 4) is 5.75 Å². The van der Waals surface area contributed by atoms with E-state index in [-0.39, 0.29) is 10.8 Å². The molecule has 2 heterocycles. The Labute approximate surface area is 154 Å². The van der Waals surface area contributed by atoms with E-state index in [1.54, 1.807) is 7.11 Å². The van der Waals surface area contributed by atoms with Crippen LogP contribution in [0, 0.1) is 0 Å². The van der Waals surface area contributed by atoms with E-state index in [0.29, 0.717) is 18.2 Å². The van der Waals surface area contributed by atoms with Gasteiger partial charge in [-0.15, -0.1) is 0 Å². The lowest BCUT2D eigenvalue weighted by atomic mass is 9.96. The molecule has 2 N–H and O–H groups in total. The molecule has 1 saturated heterocycles. The Morgan fingerprint density at radius 2 is 2.15 bits per heavy atom. The fraction of sp³-hybridized carbons (Fsp3) is 0.444. The SMILES string of the molecule is COc1ccccc1CNc1ncc(S(C)(=O)=O)c(C2CCCNC2)n1. The molecule has 1 aromatic carbocycles. The van der Waals surface area contributed by atoms with Gasteiger partial charge in [0.05, 0.1) is 19.0 Å². The molecule has 26 heavy (non-hydrogen) atoms. The van der Waals surface area contributed by atoms with Crippen LogP contribution in [0.1, 0.15) is 30.0 Å². The average molecular weight is 376 g/mol. The van der Waals surface area contributed by atoms with Gasteiger partial charge in [-0.1, -0.05) is 18.2 Å². The van der Waals surface area contributed by atoms with Crippen LogP contribution in [0.2, 0.25) is 0 Å². The van der Waals surface area contributed by atoms with Crippen molar-refractivity contribution in [3.63, 3.8) is 0 Å². The van der Waals surface area contributed by atoms with Crippen molar-refractivity contribution in [2.45, 2.75) is 30.2 Å². The fourth-order valence-electron chi connectivity index (χ4n) is 3.16. The lowest BCUT2D eigenvalue weighted by Crippen LogP contribution is -2.30. The summed E-state index contributed by atoms with van der Waals surface area (Å²) < 4.78 is 29.6. The Balaban J connectivity index is 1.86. The van der Waals surface area contributed by atoms with Gasteiger partial charge in [-0.2, -0.15) is 0 Å². The molecule has 8 heteroatoms.